The zero-order chi connectivity index (χ0) is 7.98. The van der Waals surface area contributed by atoms with Crippen LogP contribution in [-0.4, -0.2) is 31.0 Å². The van der Waals surface area contributed by atoms with Crippen molar-refractivity contribution >= 4 is 0 Å². The van der Waals surface area contributed by atoms with Crippen LogP contribution in [0.2, 0.25) is 0 Å². The van der Waals surface area contributed by atoms with E-state index in [-0.39, 0.29) is 18.8 Å². The molecule has 10 heavy (non-hydrogen) atoms. The summed E-state index contributed by atoms with van der Waals surface area (Å²) in [4.78, 5) is 0. The summed E-state index contributed by atoms with van der Waals surface area (Å²) in [6.07, 6.45) is 1.88. The molecule has 2 unspecified atom stereocenters. The molecule has 0 aliphatic heterocycles. The molecule has 0 bridgehead atoms. The van der Waals surface area contributed by atoms with E-state index in [1.165, 1.54) is 0 Å². The predicted molar refractivity (Wildman–Crippen MR) is 40.8 cm³/mol. The Hall–Kier alpha value is -0.120. The number of aliphatic hydroxyl groups excluding tert-OH is 1. The van der Waals surface area contributed by atoms with E-state index in [0.717, 1.165) is 12.8 Å². The van der Waals surface area contributed by atoms with Crippen molar-refractivity contribution in [1.29, 1.82) is 0 Å². The van der Waals surface area contributed by atoms with Gasteiger partial charge in [-0.05, 0) is 12.8 Å². The highest BCUT2D eigenvalue weighted by Gasteiger charge is 2.08. The molecule has 0 amide bonds. The van der Waals surface area contributed by atoms with Gasteiger partial charge in [0.1, 0.15) is 0 Å². The number of nitrogens with two attached hydrogens (primary N) is 1. The average molecular weight is 147 g/mol. The average Bonchev–Trinajstić information content (AvgIpc) is 1.99. The van der Waals surface area contributed by atoms with Crippen LogP contribution in [0, 0.1) is 0 Å². The van der Waals surface area contributed by atoms with Gasteiger partial charge in [0.25, 0.3) is 0 Å². The molecule has 0 radical (unpaired) electrons. The van der Waals surface area contributed by atoms with Crippen LogP contribution < -0.4 is 5.73 Å². The second-order valence-electron chi connectivity index (χ2n) is 2.44. The second-order valence-corrected chi connectivity index (χ2v) is 2.44. The maximum Gasteiger partial charge on any atom is 0.0584 e. The van der Waals surface area contributed by atoms with E-state index in [4.69, 9.17) is 15.6 Å². The Kier molecular flexibility index (Phi) is 5.58. The number of rotatable bonds is 5. The van der Waals surface area contributed by atoms with Crippen molar-refractivity contribution in [3.05, 3.63) is 0 Å². The van der Waals surface area contributed by atoms with Gasteiger partial charge in [0.15, 0.2) is 0 Å². The Labute approximate surface area is 62.2 Å². The molecule has 62 valence electrons. The third-order valence-electron chi connectivity index (χ3n) is 1.59. The molecule has 2 atom stereocenters. The predicted octanol–water partition coefficient (Wildman–Crippen LogP) is 0.121. The number of methoxy groups -OCH3 is 1. The van der Waals surface area contributed by atoms with Crippen molar-refractivity contribution in [3.8, 4) is 0 Å². The SMILES string of the molecule is CCC(CC(N)CO)OC. The maximum atomic E-state index is 8.59. The van der Waals surface area contributed by atoms with E-state index in [1.807, 2.05) is 6.92 Å². The molecule has 0 fully saturated rings. The topological polar surface area (TPSA) is 55.5 Å². The van der Waals surface area contributed by atoms with Crippen molar-refractivity contribution in [2.45, 2.75) is 31.9 Å². The first-order chi connectivity index (χ1) is 4.74. The van der Waals surface area contributed by atoms with E-state index < -0.39 is 0 Å². The third kappa shape index (κ3) is 3.82. The van der Waals surface area contributed by atoms with E-state index in [1.54, 1.807) is 7.11 Å². The standard InChI is InChI=1S/C7H17NO2/c1-3-7(10-2)4-6(8)5-9/h6-7,9H,3-5,8H2,1-2H3. The molecule has 0 aliphatic rings. The van der Waals surface area contributed by atoms with Gasteiger partial charge in [-0.15, -0.1) is 0 Å². The van der Waals surface area contributed by atoms with Gasteiger partial charge in [-0.25, -0.2) is 0 Å². The number of ether oxygens (including phenoxy) is 1. The van der Waals surface area contributed by atoms with Crippen LogP contribution in [0.1, 0.15) is 19.8 Å². The Bertz CT molecular complexity index is 74.0. The molecule has 3 N–H and O–H groups in total. The zero-order valence-corrected chi connectivity index (χ0v) is 6.71. The minimum absolute atomic E-state index is 0.0415. The monoisotopic (exact) mass is 147 g/mol. The summed E-state index contributed by atoms with van der Waals surface area (Å²) in [7, 11) is 1.66. The van der Waals surface area contributed by atoms with Crippen LogP contribution >= 0.6 is 0 Å². The first-order valence-electron chi connectivity index (χ1n) is 3.63. The molecule has 0 saturated carbocycles. The molecule has 0 aromatic heterocycles. The highest BCUT2D eigenvalue weighted by molar-refractivity contribution is 4.65. The number of aliphatic hydroxyl groups is 1. The first kappa shape index (κ1) is 9.88. The van der Waals surface area contributed by atoms with Crippen molar-refractivity contribution in [3.63, 3.8) is 0 Å². The van der Waals surface area contributed by atoms with E-state index in [2.05, 4.69) is 0 Å². The van der Waals surface area contributed by atoms with Crippen LogP contribution in [0.3, 0.4) is 0 Å². The van der Waals surface area contributed by atoms with Gasteiger partial charge >= 0.3 is 0 Å². The van der Waals surface area contributed by atoms with Crippen molar-refractivity contribution in [2.75, 3.05) is 13.7 Å². The minimum atomic E-state index is -0.134. The molecule has 0 rings (SSSR count). The quantitative estimate of drug-likeness (QED) is 0.580. The molecular weight excluding hydrogens is 130 g/mol. The largest absolute Gasteiger partial charge is 0.395 e. The van der Waals surface area contributed by atoms with Crippen LogP contribution in [-0.2, 0) is 4.74 Å². The molecule has 0 saturated heterocycles. The Balaban J connectivity index is 3.41. The highest BCUT2D eigenvalue weighted by Crippen LogP contribution is 2.03. The van der Waals surface area contributed by atoms with E-state index >= 15 is 0 Å². The maximum absolute atomic E-state index is 8.59. The molecule has 0 aromatic carbocycles. The van der Waals surface area contributed by atoms with Gasteiger partial charge in [-0.1, -0.05) is 6.92 Å². The van der Waals surface area contributed by atoms with E-state index in [0.29, 0.717) is 0 Å². The Morgan fingerprint density at radius 2 is 2.20 bits per heavy atom. The molecule has 0 aliphatic carbocycles. The van der Waals surface area contributed by atoms with Gasteiger partial charge in [0, 0.05) is 13.2 Å². The lowest BCUT2D eigenvalue weighted by molar-refractivity contribution is 0.0787. The summed E-state index contributed by atoms with van der Waals surface area (Å²) >= 11 is 0. The lowest BCUT2D eigenvalue weighted by atomic mass is 10.1. The van der Waals surface area contributed by atoms with Gasteiger partial charge in [0.2, 0.25) is 0 Å². The van der Waals surface area contributed by atoms with Crippen molar-refractivity contribution < 1.29 is 9.84 Å². The fourth-order valence-electron chi connectivity index (χ4n) is 0.842. The minimum Gasteiger partial charge on any atom is -0.395 e. The summed E-state index contributed by atoms with van der Waals surface area (Å²) in [5.74, 6) is 0. The van der Waals surface area contributed by atoms with Crippen LogP contribution in [0.4, 0.5) is 0 Å². The summed E-state index contributed by atoms with van der Waals surface area (Å²) in [6.45, 7) is 2.08. The highest BCUT2D eigenvalue weighted by atomic mass is 16.5. The van der Waals surface area contributed by atoms with Crippen molar-refractivity contribution in [1.82, 2.24) is 0 Å². The van der Waals surface area contributed by atoms with Crippen LogP contribution in [0.25, 0.3) is 0 Å². The molecule has 3 nitrogen and oxygen atoms in total. The molecule has 0 aromatic rings. The second kappa shape index (κ2) is 5.65. The third-order valence-corrected chi connectivity index (χ3v) is 1.59. The summed E-state index contributed by atoms with van der Waals surface area (Å²) in [5.41, 5.74) is 5.50. The number of hydrogen-bond acceptors (Lipinski definition) is 3. The molecular formula is C7H17NO2. The van der Waals surface area contributed by atoms with E-state index in [9.17, 15) is 0 Å². The summed E-state index contributed by atoms with van der Waals surface area (Å²) in [6, 6.07) is -0.134. The van der Waals surface area contributed by atoms with Crippen LogP contribution in [0.15, 0.2) is 0 Å². The summed E-state index contributed by atoms with van der Waals surface area (Å²) in [5, 5.41) is 8.59. The molecule has 3 heteroatoms. The van der Waals surface area contributed by atoms with Gasteiger partial charge in [-0.2, -0.15) is 0 Å². The lowest BCUT2D eigenvalue weighted by Gasteiger charge is -2.15. The van der Waals surface area contributed by atoms with Gasteiger partial charge < -0.3 is 15.6 Å². The lowest BCUT2D eigenvalue weighted by Crippen LogP contribution is -2.30. The zero-order valence-electron chi connectivity index (χ0n) is 6.71. The fraction of sp³-hybridized carbons (Fsp3) is 1.00. The Morgan fingerprint density at radius 1 is 1.60 bits per heavy atom. The van der Waals surface area contributed by atoms with Crippen LogP contribution in [0.5, 0.6) is 0 Å². The smallest absolute Gasteiger partial charge is 0.0584 e. The first-order valence-corrected chi connectivity index (χ1v) is 3.63. The molecule has 0 spiro atoms. The fourth-order valence-corrected chi connectivity index (χ4v) is 0.842. The molecule has 0 heterocycles. The number of hydrogen-bond donors (Lipinski definition) is 2. The normalized spacial score (nSPS) is 16.8. The van der Waals surface area contributed by atoms with Crippen molar-refractivity contribution in [2.24, 2.45) is 5.73 Å². The summed E-state index contributed by atoms with van der Waals surface area (Å²) < 4.78 is 5.08. The Morgan fingerprint density at radius 3 is 2.50 bits per heavy atom. The van der Waals surface area contributed by atoms with Gasteiger partial charge in [-0.3, -0.25) is 0 Å². The van der Waals surface area contributed by atoms with Gasteiger partial charge in [0.05, 0.1) is 12.7 Å².